The van der Waals surface area contributed by atoms with Crippen LogP contribution < -0.4 is 9.47 Å². The Bertz CT molecular complexity index is 514. The Kier molecular flexibility index (Phi) is 5.04. The standard InChI is InChI=1S/C15H16ClNO2/c1-2-9-18-13-3-5-14(6-4-13)19-15-11-17-8-7-12(15)10-16/h3-8,11H,2,9-10H2,1H3. The van der Waals surface area contributed by atoms with Crippen LogP contribution in [0, 0.1) is 0 Å². The van der Waals surface area contributed by atoms with Gasteiger partial charge in [0, 0.05) is 11.8 Å². The third-order valence-corrected chi connectivity index (χ3v) is 2.83. The lowest BCUT2D eigenvalue weighted by Crippen LogP contribution is -1.95. The van der Waals surface area contributed by atoms with E-state index >= 15 is 0 Å². The number of rotatable bonds is 6. The van der Waals surface area contributed by atoms with Crippen LogP contribution >= 0.6 is 11.6 Å². The summed E-state index contributed by atoms with van der Waals surface area (Å²) < 4.78 is 11.3. The van der Waals surface area contributed by atoms with Crippen molar-refractivity contribution in [2.24, 2.45) is 0 Å². The highest BCUT2D eigenvalue weighted by Gasteiger charge is 2.04. The zero-order valence-corrected chi connectivity index (χ0v) is 11.6. The van der Waals surface area contributed by atoms with Crippen LogP contribution in [0.2, 0.25) is 0 Å². The molecule has 2 aromatic rings. The second-order valence-electron chi connectivity index (χ2n) is 4.04. The van der Waals surface area contributed by atoms with Crippen LogP contribution in [0.1, 0.15) is 18.9 Å². The minimum Gasteiger partial charge on any atom is -0.494 e. The molecule has 0 unspecified atom stereocenters. The Morgan fingerprint density at radius 2 is 1.84 bits per heavy atom. The van der Waals surface area contributed by atoms with Crippen molar-refractivity contribution in [3.05, 3.63) is 48.3 Å². The summed E-state index contributed by atoms with van der Waals surface area (Å²) in [6.07, 6.45) is 4.36. The molecule has 0 bridgehead atoms. The Morgan fingerprint density at radius 3 is 2.53 bits per heavy atom. The molecule has 1 aromatic carbocycles. The quantitative estimate of drug-likeness (QED) is 0.733. The molecule has 19 heavy (non-hydrogen) atoms. The van der Waals surface area contributed by atoms with Gasteiger partial charge in [-0.15, -0.1) is 11.6 Å². The molecule has 0 radical (unpaired) electrons. The number of hydrogen-bond donors (Lipinski definition) is 0. The second-order valence-corrected chi connectivity index (χ2v) is 4.31. The molecular weight excluding hydrogens is 262 g/mol. The summed E-state index contributed by atoms with van der Waals surface area (Å²) in [6, 6.07) is 9.37. The van der Waals surface area contributed by atoms with Gasteiger partial charge in [-0.1, -0.05) is 6.92 Å². The number of aromatic nitrogens is 1. The molecule has 0 atom stereocenters. The summed E-state index contributed by atoms with van der Waals surface area (Å²) in [7, 11) is 0. The molecule has 0 spiro atoms. The minimum absolute atomic E-state index is 0.398. The molecule has 0 amide bonds. The predicted octanol–water partition coefficient (Wildman–Crippen LogP) is 4.40. The molecule has 3 nitrogen and oxygen atoms in total. The Balaban J connectivity index is 2.06. The Hall–Kier alpha value is -1.74. The number of nitrogens with zero attached hydrogens (tertiary/aromatic N) is 1. The maximum atomic E-state index is 5.85. The summed E-state index contributed by atoms with van der Waals surface area (Å²) in [6.45, 7) is 2.80. The highest BCUT2D eigenvalue weighted by molar-refractivity contribution is 6.17. The SMILES string of the molecule is CCCOc1ccc(Oc2cnccc2CCl)cc1. The second kappa shape index (κ2) is 7.00. The van der Waals surface area contributed by atoms with Crippen LogP contribution in [0.3, 0.4) is 0 Å². The van der Waals surface area contributed by atoms with Gasteiger partial charge >= 0.3 is 0 Å². The molecule has 1 aromatic heterocycles. The molecule has 0 saturated heterocycles. The smallest absolute Gasteiger partial charge is 0.150 e. The van der Waals surface area contributed by atoms with E-state index in [1.807, 2.05) is 30.3 Å². The number of pyridine rings is 1. The highest BCUT2D eigenvalue weighted by Crippen LogP contribution is 2.26. The first-order valence-electron chi connectivity index (χ1n) is 6.23. The van der Waals surface area contributed by atoms with E-state index in [9.17, 15) is 0 Å². The van der Waals surface area contributed by atoms with Crippen LogP contribution in [-0.2, 0) is 5.88 Å². The summed E-state index contributed by atoms with van der Waals surface area (Å²) in [4.78, 5) is 4.04. The molecule has 100 valence electrons. The first kappa shape index (κ1) is 13.7. The summed E-state index contributed by atoms with van der Waals surface area (Å²) in [5.41, 5.74) is 0.919. The molecule has 1 heterocycles. The molecule has 0 fully saturated rings. The van der Waals surface area contributed by atoms with E-state index < -0.39 is 0 Å². The number of hydrogen-bond acceptors (Lipinski definition) is 3. The third-order valence-electron chi connectivity index (χ3n) is 2.54. The zero-order valence-electron chi connectivity index (χ0n) is 10.8. The number of alkyl halides is 1. The van der Waals surface area contributed by atoms with Crippen LogP contribution in [0.5, 0.6) is 17.2 Å². The molecule has 0 aliphatic heterocycles. The fourth-order valence-corrected chi connectivity index (χ4v) is 1.78. The number of ether oxygens (including phenoxy) is 2. The van der Waals surface area contributed by atoms with Gasteiger partial charge in [0.25, 0.3) is 0 Å². The maximum absolute atomic E-state index is 5.85. The summed E-state index contributed by atoms with van der Waals surface area (Å²) in [5, 5.41) is 0. The fourth-order valence-electron chi connectivity index (χ4n) is 1.56. The normalized spacial score (nSPS) is 10.2. The Morgan fingerprint density at radius 1 is 1.11 bits per heavy atom. The van der Waals surface area contributed by atoms with E-state index in [2.05, 4.69) is 11.9 Å². The highest BCUT2D eigenvalue weighted by atomic mass is 35.5. The van der Waals surface area contributed by atoms with E-state index in [1.165, 1.54) is 0 Å². The lowest BCUT2D eigenvalue weighted by Gasteiger charge is -2.09. The monoisotopic (exact) mass is 277 g/mol. The molecule has 0 N–H and O–H groups in total. The van der Waals surface area contributed by atoms with Gasteiger partial charge in [-0.3, -0.25) is 4.98 Å². The van der Waals surface area contributed by atoms with Crippen molar-refractivity contribution >= 4 is 11.6 Å². The van der Waals surface area contributed by atoms with Crippen molar-refractivity contribution in [2.75, 3.05) is 6.61 Å². The summed E-state index contributed by atoms with van der Waals surface area (Å²) >= 11 is 5.85. The van der Waals surface area contributed by atoms with Gasteiger partial charge in [-0.25, -0.2) is 0 Å². The molecule has 0 saturated carbocycles. The third kappa shape index (κ3) is 3.86. The van der Waals surface area contributed by atoms with E-state index in [4.69, 9.17) is 21.1 Å². The number of halogens is 1. The lowest BCUT2D eigenvalue weighted by atomic mass is 10.3. The fraction of sp³-hybridized carbons (Fsp3) is 0.267. The van der Waals surface area contributed by atoms with Gasteiger partial charge in [-0.05, 0) is 36.8 Å². The Labute approximate surface area is 118 Å². The lowest BCUT2D eigenvalue weighted by molar-refractivity contribution is 0.317. The number of benzene rings is 1. The molecule has 2 rings (SSSR count). The van der Waals surface area contributed by atoms with E-state index in [0.717, 1.165) is 30.1 Å². The van der Waals surface area contributed by atoms with Crippen molar-refractivity contribution in [3.8, 4) is 17.2 Å². The van der Waals surface area contributed by atoms with Crippen LogP contribution in [-0.4, -0.2) is 11.6 Å². The van der Waals surface area contributed by atoms with Gasteiger partial charge in [-0.2, -0.15) is 0 Å². The van der Waals surface area contributed by atoms with Crippen LogP contribution in [0.25, 0.3) is 0 Å². The van der Waals surface area contributed by atoms with Gasteiger partial charge in [0.15, 0.2) is 0 Å². The van der Waals surface area contributed by atoms with Crippen molar-refractivity contribution < 1.29 is 9.47 Å². The first-order valence-corrected chi connectivity index (χ1v) is 6.76. The van der Waals surface area contributed by atoms with E-state index in [0.29, 0.717) is 11.6 Å². The van der Waals surface area contributed by atoms with Gasteiger partial charge in [0.05, 0.1) is 18.7 Å². The molecule has 0 aliphatic rings. The minimum atomic E-state index is 0.398. The van der Waals surface area contributed by atoms with E-state index in [1.54, 1.807) is 12.4 Å². The van der Waals surface area contributed by atoms with Crippen molar-refractivity contribution in [1.82, 2.24) is 4.98 Å². The van der Waals surface area contributed by atoms with Gasteiger partial charge in [0.2, 0.25) is 0 Å². The van der Waals surface area contributed by atoms with E-state index in [-0.39, 0.29) is 0 Å². The van der Waals surface area contributed by atoms with Crippen molar-refractivity contribution in [3.63, 3.8) is 0 Å². The zero-order chi connectivity index (χ0) is 13.5. The predicted molar refractivity (Wildman–Crippen MR) is 76.1 cm³/mol. The van der Waals surface area contributed by atoms with Gasteiger partial charge in [0.1, 0.15) is 17.2 Å². The van der Waals surface area contributed by atoms with Crippen LogP contribution in [0.4, 0.5) is 0 Å². The average Bonchev–Trinajstić information content (AvgIpc) is 2.47. The molecule has 4 heteroatoms. The maximum Gasteiger partial charge on any atom is 0.150 e. The van der Waals surface area contributed by atoms with Gasteiger partial charge < -0.3 is 9.47 Å². The van der Waals surface area contributed by atoms with Crippen molar-refractivity contribution in [1.29, 1.82) is 0 Å². The summed E-state index contributed by atoms with van der Waals surface area (Å²) in [5.74, 6) is 2.66. The molecule has 0 aliphatic carbocycles. The average molecular weight is 278 g/mol. The largest absolute Gasteiger partial charge is 0.494 e. The molecular formula is C15H16ClNO2. The first-order chi connectivity index (χ1) is 9.33. The van der Waals surface area contributed by atoms with Crippen molar-refractivity contribution in [2.45, 2.75) is 19.2 Å². The topological polar surface area (TPSA) is 31.4 Å². The van der Waals surface area contributed by atoms with Crippen LogP contribution in [0.15, 0.2) is 42.7 Å².